The molecule has 20 nitrogen and oxygen atoms in total. The quantitative estimate of drug-likeness (QED) is 0.0276. The topological polar surface area (TPSA) is 331 Å². The van der Waals surface area contributed by atoms with Crippen molar-refractivity contribution in [2.24, 2.45) is 39.8 Å². The Labute approximate surface area is 335 Å². The van der Waals surface area contributed by atoms with Crippen LogP contribution >= 0.6 is 0 Å². The number of carboxylic acids is 1. The molecule has 0 spiro atoms. The van der Waals surface area contributed by atoms with Gasteiger partial charge in [0.2, 0.25) is 35.4 Å². The number of likely N-dealkylation sites (tertiary alicyclic amines) is 2. The minimum atomic E-state index is -1.54. The number of nitrogens with two attached hydrogens (primary N) is 4. The van der Waals surface area contributed by atoms with Crippen LogP contribution in [0, 0.1) is 11.8 Å². The zero-order chi connectivity index (χ0) is 42.8. The summed E-state index contributed by atoms with van der Waals surface area (Å²) in [5.74, 6) is -5.30. The van der Waals surface area contributed by atoms with Crippen molar-refractivity contribution in [3.8, 4) is 0 Å². The largest absolute Gasteiger partial charge is 0.480 e. The lowest BCUT2D eigenvalue weighted by Crippen LogP contribution is -2.60. The van der Waals surface area contributed by atoms with Crippen LogP contribution in [0.25, 0.3) is 0 Å². The Hall–Kier alpha value is -4.56. The van der Waals surface area contributed by atoms with E-state index in [4.69, 9.17) is 22.9 Å². The third kappa shape index (κ3) is 15.7. The van der Waals surface area contributed by atoms with Crippen LogP contribution in [0.2, 0.25) is 0 Å². The zero-order valence-corrected chi connectivity index (χ0v) is 33.9. The third-order valence-corrected chi connectivity index (χ3v) is 10.0. The van der Waals surface area contributed by atoms with Gasteiger partial charge in [-0.25, -0.2) is 4.79 Å². The van der Waals surface area contributed by atoms with Crippen molar-refractivity contribution < 1.29 is 43.8 Å². The normalized spacial score (nSPS) is 19.3. The van der Waals surface area contributed by atoms with E-state index in [-0.39, 0.29) is 68.9 Å². The molecule has 2 rings (SSSR count). The molecule has 2 heterocycles. The number of nitrogens with one attached hydrogen (secondary N) is 4. The van der Waals surface area contributed by atoms with Crippen LogP contribution in [0.15, 0.2) is 4.99 Å². The smallest absolute Gasteiger partial charge is 0.326 e. The minimum Gasteiger partial charge on any atom is -0.480 e. The number of amides is 6. The maximum Gasteiger partial charge on any atom is 0.326 e. The average Bonchev–Trinajstić information content (AvgIpc) is 3.84. The first-order valence-corrected chi connectivity index (χ1v) is 20.1. The number of nitrogens with zero attached hydrogens (tertiary/aromatic N) is 3. The molecule has 0 radical (unpaired) electrons. The van der Waals surface area contributed by atoms with Crippen molar-refractivity contribution in [3.63, 3.8) is 0 Å². The zero-order valence-electron chi connectivity index (χ0n) is 33.9. The number of aliphatic hydroxyl groups is 1. The first-order valence-electron chi connectivity index (χ1n) is 20.1. The van der Waals surface area contributed by atoms with Gasteiger partial charge in [0.25, 0.3) is 0 Å². The standard InChI is InChI=1S/C37H67N11O9/c1-21(2)18-25(44-32(52)28-12-8-16-47(28)34(54)23(39)10-5-6-14-38)30(50)46-27(20-49)31(51)43-24(11-7-15-42-37(40)41)35(55)48-17-9-13-29(48)33(53)45-26(36(56)57)19-22(3)4/h21-29,49H,5-20,38-39H2,1-4H3,(H,43,51)(H,44,52)(H,45,53)(H,46,50)(H,56,57)(H4,40,41,42)/t23-,24-,25-,26-,27-,28-,29-/m0/s1. The Morgan fingerprint density at radius 1 is 0.702 bits per heavy atom. The van der Waals surface area contributed by atoms with Gasteiger partial charge in [-0.05, 0) is 82.6 Å². The fourth-order valence-electron chi connectivity index (χ4n) is 7.08. The summed E-state index contributed by atoms with van der Waals surface area (Å²) in [6.45, 7) is 7.56. The predicted molar refractivity (Wildman–Crippen MR) is 212 cm³/mol. The van der Waals surface area contributed by atoms with Gasteiger partial charge in [-0.15, -0.1) is 0 Å². The molecule has 14 N–H and O–H groups in total. The lowest BCUT2D eigenvalue weighted by molar-refractivity contribution is -0.145. The highest BCUT2D eigenvalue weighted by atomic mass is 16.4. The van der Waals surface area contributed by atoms with E-state index in [1.807, 2.05) is 27.7 Å². The molecule has 7 atom stereocenters. The molecule has 2 aliphatic heterocycles. The molecule has 0 aromatic carbocycles. The fourth-order valence-corrected chi connectivity index (χ4v) is 7.08. The van der Waals surface area contributed by atoms with E-state index in [1.54, 1.807) is 0 Å². The summed E-state index contributed by atoms with van der Waals surface area (Å²) >= 11 is 0. The number of unbranched alkanes of at least 4 members (excludes halogenated alkanes) is 1. The van der Waals surface area contributed by atoms with Crippen LogP contribution < -0.4 is 44.2 Å². The maximum absolute atomic E-state index is 14.0. The number of aliphatic imine (C=N–C) groups is 1. The number of carboxylic acid groups (broad SMARTS) is 1. The lowest BCUT2D eigenvalue weighted by Gasteiger charge is -2.31. The Balaban J connectivity index is 2.22. The Bertz CT molecular complexity index is 1410. The number of hydrogen-bond acceptors (Lipinski definition) is 11. The van der Waals surface area contributed by atoms with Gasteiger partial charge in [-0.1, -0.05) is 34.1 Å². The second-order valence-corrected chi connectivity index (χ2v) is 15.7. The van der Waals surface area contributed by atoms with E-state index in [0.717, 1.165) is 0 Å². The fraction of sp³-hybridized carbons (Fsp3) is 0.784. The second kappa shape index (κ2) is 24.3. The van der Waals surface area contributed by atoms with Crippen LogP contribution in [0.3, 0.4) is 0 Å². The summed E-state index contributed by atoms with van der Waals surface area (Å²) < 4.78 is 0. The van der Waals surface area contributed by atoms with Gasteiger partial charge in [0.05, 0.1) is 12.6 Å². The van der Waals surface area contributed by atoms with Crippen LogP contribution in [-0.4, -0.2) is 142 Å². The molecule has 6 amide bonds. The Morgan fingerprint density at radius 3 is 1.72 bits per heavy atom. The van der Waals surface area contributed by atoms with Crippen molar-refractivity contribution in [2.75, 3.05) is 32.8 Å². The predicted octanol–water partition coefficient (Wildman–Crippen LogP) is -2.41. The third-order valence-electron chi connectivity index (χ3n) is 10.0. The highest BCUT2D eigenvalue weighted by Gasteiger charge is 2.41. The number of aliphatic hydroxyl groups excluding tert-OH is 1. The molecule has 57 heavy (non-hydrogen) atoms. The van der Waals surface area contributed by atoms with E-state index < -0.39 is 84.4 Å². The van der Waals surface area contributed by atoms with Crippen molar-refractivity contribution >= 4 is 47.4 Å². The van der Waals surface area contributed by atoms with Crippen molar-refractivity contribution in [1.82, 2.24) is 31.1 Å². The van der Waals surface area contributed by atoms with E-state index >= 15 is 0 Å². The lowest BCUT2D eigenvalue weighted by atomic mass is 10.0. The second-order valence-electron chi connectivity index (χ2n) is 15.7. The molecule has 0 saturated carbocycles. The van der Waals surface area contributed by atoms with Gasteiger partial charge >= 0.3 is 5.97 Å². The number of carbonyl (C=O) groups excluding carboxylic acids is 6. The number of hydrogen-bond donors (Lipinski definition) is 10. The van der Waals surface area contributed by atoms with E-state index in [9.17, 15) is 43.8 Å². The molecule has 2 saturated heterocycles. The van der Waals surface area contributed by atoms with Crippen LogP contribution in [0.5, 0.6) is 0 Å². The van der Waals surface area contributed by atoms with Crippen LogP contribution in [0.1, 0.15) is 98.3 Å². The number of guanidine groups is 1. The summed E-state index contributed by atoms with van der Waals surface area (Å²) in [5.41, 5.74) is 22.6. The molecule has 2 aliphatic rings. The SMILES string of the molecule is CC(C)C[C@H](NC(=O)[C@@H]1CCCN1C(=O)[C@H](CCCN=C(N)N)NC(=O)[C@H](CO)NC(=O)[C@H](CC(C)C)NC(=O)[C@@H]1CCCN1C(=O)[C@@H](N)CCCCN)C(=O)O. The highest BCUT2D eigenvalue weighted by Crippen LogP contribution is 2.22. The molecule has 324 valence electrons. The van der Waals surface area contributed by atoms with E-state index in [2.05, 4.69) is 26.3 Å². The molecular formula is C37H67N11O9. The van der Waals surface area contributed by atoms with E-state index in [1.165, 1.54) is 9.80 Å². The molecule has 2 fully saturated rings. The summed E-state index contributed by atoms with van der Waals surface area (Å²) in [6, 6.07) is -7.70. The van der Waals surface area contributed by atoms with E-state index in [0.29, 0.717) is 51.6 Å². The summed E-state index contributed by atoms with van der Waals surface area (Å²) in [7, 11) is 0. The monoisotopic (exact) mass is 810 g/mol. The van der Waals surface area contributed by atoms with Crippen molar-refractivity contribution in [3.05, 3.63) is 0 Å². The van der Waals surface area contributed by atoms with Crippen LogP contribution in [0.4, 0.5) is 0 Å². The molecular weight excluding hydrogens is 742 g/mol. The highest BCUT2D eigenvalue weighted by molar-refractivity contribution is 5.97. The first kappa shape index (κ1) is 48.6. The van der Waals surface area contributed by atoms with Gasteiger partial charge in [0.1, 0.15) is 36.3 Å². The molecule has 0 aliphatic carbocycles. The average molecular weight is 810 g/mol. The maximum atomic E-state index is 14.0. The van der Waals surface area contributed by atoms with Gasteiger partial charge in [-0.3, -0.25) is 33.8 Å². The molecule has 0 aromatic heterocycles. The van der Waals surface area contributed by atoms with Gasteiger partial charge in [0.15, 0.2) is 5.96 Å². The summed E-state index contributed by atoms with van der Waals surface area (Å²) in [6.07, 6.45) is 4.07. The first-order chi connectivity index (χ1) is 26.9. The number of rotatable bonds is 24. The van der Waals surface area contributed by atoms with Crippen molar-refractivity contribution in [1.29, 1.82) is 0 Å². The van der Waals surface area contributed by atoms with Gasteiger partial charge < -0.3 is 64.2 Å². The molecule has 0 aromatic rings. The summed E-state index contributed by atoms with van der Waals surface area (Å²) in [4.78, 5) is 99.8. The van der Waals surface area contributed by atoms with Gasteiger partial charge in [-0.2, -0.15) is 0 Å². The van der Waals surface area contributed by atoms with Crippen LogP contribution in [-0.2, 0) is 33.6 Å². The molecule has 0 unspecified atom stereocenters. The Kier molecular flexibility index (Phi) is 20.7. The Morgan fingerprint density at radius 2 is 1.21 bits per heavy atom. The number of aliphatic carboxylic acids is 1. The minimum absolute atomic E-state index is 0.0166. The number of carbonyl (C=O) groups is 7. The molecule has 0 bridgehead atoms. The van der Waals surface area contributed by atoms with Crippen molar-refractivity contribution in [2.45, 2.75) is 141 Å². The summed E-state index contributed by atoms with van der Waals surface area (Å²) in [5, 5.41) is 30.3. The van der Waals surface area contributed by atoms with Gasteiger partial charge in [0, 0.05) is 19.6 Å². The molecule has 20 heteroatoms.